The highest BCUT2D eigenvalue weighted by Crippen LogP contribution is 2.34. The molecule has 22 heavy (non-hydrogen) atoms. The summed E-state index contributed by atoms with van der Waals surface area (Å²) in [6.07, 6.45) is 3.98. The number of carbonyl (C=O) groups excluding carboxylic acids is 1. The van der Waals surface area contributed by atoms with E-state index in [4.69, 9.17) is 0 Å². The van der Waals surface area contributed by atoms with Crippen LogP contribution in [0.3, 0.4) is 0 Å². The number of nitro groups is 1. The maximum atomic E-state index is 12.4. The minimum Gasteiger partial charge on any atom is -0.389 e. The second-order valence-electron chi connectivity index (χ2n) is 6.35. The highest BCUT2D eigenvalue weighted by atomic mass is 16.6. The van der Waals surface area contributed by atoms with E-state index in [1.165, 1.54) is 6.07 Å². The second kappa shape index (κ2) is 5.68. The fourth-order valence-electron chi connectivity index (χ4n) is 3.58. The first-order chi connectivity index (χ1) is 10.5. The lowest BCUT2D eigenvalue weighted by atomic mass is 9.94. The van der Waals surface area contributed by atoms with Crippen LogP contribution in [-0.4, -0.2) is 33.0 Å². The molecule has 0 radical (unpaired) electrons. The third-order valence-electron chi connectivity index (χ3n) is 4.81. The predicted molar refractivity (Wildman–Crippen MR) is 80.3 cm³/mol. The predicted octanol–water partition coefficient (Wildman–Crippen LogP) is 2.17. The molecule has 1 aromatic rings. The average Bonchev–Trinajstić information content (AvgIpc) is 2.92. The zero-order valence-corrected chi connectivity index (χ0v) is 12.5. The van der Waals surface area contributed by atoms with Crippen molar-refractivity contribution >= 4 is 11.6 Å². The number of aliphatic hydroxyl groups is 1. The molecule has 3 rings (SSSR count). The van der Waals surface area contributed by atoms with E-state index in [1.807, 2.05) is 6.07 Å². The van der Waals surface area contributed by atoms with Crippen LogP contribution in [0.2, 0.25) is 0 Å². The van der Waals surface area contributed by atoms with Crippen molar-refractivity contribution in [2.24, 2.45) is 0 Å². The summed E-state index contributed by atoms with van der Waals surface area (Å²) >= 11 is 0. The van der Waals surface area contributed by atoms with Crippen molar-refractivity contribution in [3.63, 3.8) is 0 Å². The first-order valence-corrected chi connectivity index (χ1v) is 7.74. The molecule has 1 fully saturated rings. The molecule has 0 aromatic heterocycles. The SMILES string of the molecule is O=C(CC1(O)CCCC1)N1CCc2c(cccc2[N+](=O)[O-])C1. The Kier molecular flexibility index (Phi) is 3.87. The van der Waals surface area contributed by atoms with Crippen molar-refractivity contribution in [2.45, 2.75) is 50.7 Å². The van der Waals surface area contributed by atoms with Crippen LogP contribution in [0.5, 0.6) is 0 Å². The molecule has 1 aromatic carbocycles. The molecule has 6 nitrogen and oxygen atoms in total. The van der Waals surface area contributed by atoms with Crippen LogP contribution in [0.4, 0.5) is 5.69 Å². The molecule has 0 unspecified atom stereocenters. The topological polar surface area (TPSA) is 83.7 Å². The normalized spacial score (nSPS) is 19.8. The van der Waals surface area contributed by atoms with E-state index in [-0.39, 0.29) is 22.9 Å². The second-order valence-corrected chi connectivity index (χ2v) is 6.35. The Balaban J connectivity index is 1.73. The van der Waals surface area contributed by atoms with E-state index >= 15 is 0 Å². The van der Waals surface area contributed by atoms with Gasteiger partial charge in [-0.25, -0.2) is 0 Å². The van der Waals surface area contributed by atoms with Gasteiger partial charge in [0.1, 0.15) is 0 Å². The summed E-state index contributed by atoms with van der Waals surface area (Å²) in [6, 6.07) is 5.01. The van der Waals surface area contributed by atoms with E-state index in [2.05, 4.69) is 0 Å². The smallest absolute Gasteiger partial charge is 0.272 e. The standard InChI is InChI=1S/C16H20N2O4/c19-15(10-16(20)7-1-2-8-16)17-9-6-13-12(11-17)4-3-5-14(13)18(21)22/h3-5,20H,1-2,6-11H2. The number of amides is 1. The van der Waals surface area contributed by atoms with E-state index in [0.717, 1.165) is 24.0 Å². The van der Waals surface area contributed by atoms with Crippen molar-refractivity contribution in [2.75, 3.05) is 6.54 Å². The molecule has 0 saturated heterocycles. The molecule has 0 bridgehead atoms. The molecule has 118 valence electrons. The third kappa shape index (κ3) is 2.83. The number of nitrogens with zero attached hydrogens (tertiary/aromatic N) is 2. The highest BCUT2D eigenvalue weighted by molar-refractivity contribution is 5.77. The molecule has 6 heteroatoms. The molecular formula is C16H20N2O4. The van der Waals surface area contributed by atoms with Crippen LogP contribution >= 0.6 is 0 Å². The van der Waals surface area contributed by atoms with E-state index in [0.29, 0.717) is 32.4 Å². The molecule has 1 saturated carbocycles. The summed E-state index contributed by atoms with van der Waals surface area (Å²) in [5.41, 5.74) is 0.863. The summed E-state index contributed by atoms with van der Waals surface area (Å²) < 4.78 is 0. The Labute approximate surface area is 128 Å². The zero-order chi connectivity index (χ0) is 15.7. The Hall–Kier alpha value is -1.95. The Morgan fingerprint density at radius 2 is 2.09 bits per heavy atom. The summed E-state index contributed by atoms with van der Waals surface area (Å²) in [5, 5.41) is 21.4. The number of hydrogen-bond donors (Lipinski definition) is 1. The first-order valence-electron chi connectivity index (χ1n) is 7.74. The third-order valence-corrected chi connectivity index (χ3v) is 4.81. The number of carbonyl (C=O) groups is 1. The fraction of sp³-hybridized carbons (Fsp3) is 0.562. The van der Waals surface area contributed by atoms with Gasteiger partial charge in [-0.1, -0.05) is 25.0 Å². The van der Waals surface area contributed by atoms with Crippen molar-refractivity contribution in [1.82, 2.24) is 4.90 Å². The molecule has 1 heterocycles. The van der Waals surface area contributed by atoms with Crippen LogP contribution in [0.1, 0.15) is 43.2 Å². The number of rotatable bonds is 3. The molecule has 1 N–H and O–H groups in total. The maximum Gasteiger partial charge on any atom is 0.272 e. The highest BCUT2D eigenvalue weighted by Gasteiger charge is 2.36. The van der Waals surface area contributed by atoms with Crippen LogP contribution in [0.25, 0.3) is 0 Å². The molecule has 1 amide bonds. The average molecular weight is 304 g/mol. The van der Waals surface area contributed by atoms with Crippen LogP contribution < -0.4 is 0 Å². The van der Waals surface area contributed by atoms with Gasteiger partial charge in [0, 0.05) is 24.7 Å². The van der Waals surface area contributed by atoms with Gasteiger partial charge in [0.05, 0.1) is 16.9 Å². The van der Waals surface area contributed by atoms with Gasteiger partial charge in [-0.05, 0) is 24.8 Å². The van der Waals surface area contributed by atoms with Gasteiger partial charge in [0.2, 0.25) is 5.91 Å². The number of nitro benzene ring substituents is 1. The van der Waals surface area contributed by atoms with Gasteiger partial charge in [-0.15, -0.1) is 0 Å². The summed E-state index contributed by atoms with van der Waals surface area (Å²) in [5.74, 6) is -0.0541. The minimum absolute atomic E-state index is 0.0541. The van der Waals surface area contributed by atoms with Gasteiger partial charge in [-0.3, -0.25) is 14.9 Å². The zero-order valence-electron chi connectivity index (χ0n) is 12.5. The molecule has 1 aliphatic carbocycles. The number of benzene rings is 1. The molecule has 0 atom stereocenters. The van der Waals surface area contributed by atoms with Crippen LogP contribution in [0, 0.1) is 10.1 Å². The van der Waals surface area contributed by atoms with Crippen LogP contribution in [0.15, 0.2) is 18.2 Å². The van der Waals surface area contributed by atoms with E-state index in [1.54, 1.807) is 11.0 Å². The van der Waals surface area contributed by atoms with Gasteiger partial charge < -0.3 is 10.0 Å². The van der Waals surface area contributed by atoms with Crippen molar-refractivity contribution in [1.29, 1.82) is 0 Å². The minimum atomic E-state index is -0.847. The largest absolute Gasteiger partial charge is 0.389 e. The summed E-state index contributed by atoms with van der Waals surface area (Å²) in [7, 11) is 0. The summed E-state index contributed by atoms with van der Waals surface area (Å²) in [6.45, 7) is 0.874. The molecule has 1 aliphatic heterocycles. The lowest BCUT2D eigenvalue weighted by molar-refractivity contribution is -0.385. The Morgan fingerprint density at radius 1 is 1.36 bits per heavy atom. The Bertz CT molecular complexity index is 608. The van der Waals surface area contributed by atoms with Crippen LogP contribution in [-0.2, 0) is 17.8 Å². The van der Waals surface area contributed by atoms with Gasteiger partial charge in [0.15, 0.2) is 0 Å². The van der Waals surface area contributed by atoms with Crippen molar-refractivity contribution in [3.8, 4) is 0 Å². The van der Waals surface area contributed by atoms with E-state index in [9.17, 15) is 20.0 Å². The lowest BCUT2D eigenvalue weighted by Crippen LogP contribution is -2.40. The van der Waals surface area contributed by atoms with Crippen molar-refractivity contribution < 1.29 is 14.8 Å². The maximum absolute atomic E-state index is 12.4. The van der Waals surface area contributed by atoms with E-state index < -0.39 is 5.60 Å². The fourth-order valence-corrected chi connectivity index (χ4v) is 3.58. The quantitative estimate of drug-likeness (QED) is 0.685. The monoisotopic (exact) mass is 304 g/mol. The number of hydrogen-bond acceptors (Lipinski definition) is 4. The van der Waals surface area contributed by atoms with Gasteiger partial charge >= 0.3 is 0 Å². The van der Waals surface area contributed by atoms with Gasteiger partial charge in [0.25, 0.3) is 5.69 Å². The lowest BCUT2D eigenvalue weighted by Gasteiger charge is -2.31. The molecule has 0 spiro atoms. The molecular weight excluding hydrogens is 284 g/mol. The molecule has 2 aliphatic rings. The first kappa shape index (κ1) is 15.0. The number of fused-ring (bicyclic) bond motifs is 1. The Morgan fingerprint density at radius 3 is 2.77 bits per heavy atom. The van der Waals surface area contributed by atoms with Gasteiger partial charge in [-0.2, -0.15) is 0 Å². The summed E-state index contributed by atoms with van der Waals surface area (Å²) in [4.78, 5) is 24.8. The van der Waals surface area contributed by atoms with Crippen molar-refractivity contribution in [3.05, 3.63) is 39.4 Å².